The van der Waals surface area contributed by atoms with Gasteiger partial charge in [-0.2, -0.15) is 0 Å². The number of fused-ring (bicyclic) bond motifs is 3. The smallest absolute Gasteiger partial charge is 0.00201 e. The Kier molecular flexibility index (Phi) is 5.99. The van der Waals surface area contributed by atoms with Crippen molar-refractivity contribution in [2.45, 2.75) is 4.90 Å². The van der Waals surface area contributed by atoms with Crippen LogP contribution >= 0.6 is 10.0 Å². The van der Waals surface area contributed by atoms with Gasteiger partial charge in [0.2, 0.25) is 0 Å². The lowest BCUT2D eigenvalue weighted by atomic mass is 9.84. The lowest BCUT2D eigenvalue weighted by Crippen LogP contribution is -1.96. The van der Waals surface area contributed by atoms with Crippen LogP contribution in [-0.4, -0.2) is 18.8 Å². The second-order valence-corrected chi connectivity index (χ2v) is 15.4. The fraction of sp³-hybridized carbons (Fsp3) is 0.0769. The third kappa shape index (κ3) is 4.10. The average Bonchev–Trinajstić information content (AvgIpc) is 2.99. The molecule has 0 bridgehead atoms. The minimum atomic E-state index is -0.880. The topological polar surface area (TPSA) is 0 Å². The SMILES string of the molecule is CS(C)(C)c1ccc(-c2c3ccccc3c(-c3ccc(-c4ccccc4)cc3)c3ccccc23)c2ccccc12. The Morgan fingerprint density at radius 2 is 0.750 bits per heavy atom. The van der Waals surface area contributed by atoms with Crippen molar-refractivity contribution in [1.82, 2.24) is 0 Å². The minimum absolute atomic E-state index is 0.880. The van der Waals surface area contributed by atoms with Gasteiger partial charge >= 0.3 is 0 Å². The van der Waals surface area contributed by atoms with E-state index in [9.17, 15) is 0 Å². The zero-order valence-corrected chi connectivity index (χ0v) is 24.0. The molecule has 0 heterocycles. The summed E-state index contributed by atoms with van der Waals surface area (Å²) >= 11 is 0. The van der Waals surface area contributed by atoms with E-state index < -0.39 is 10.0 Å². The highest BCUT2D eigenvalue weighted by Crippen LogP contribution is 2.51. The van der Waals surface area contributed by atoms with Crippen LogP contribution in [-0.2, 0) is 0 Å². The molecule has 194 valence electrons. The van der Waals surface area contributed by atoms with Crippen LogP contribution < -0.4 is 0 Å². The average molecular weight is 533 g/mol. The molecule has 1 heteroatoms. The fourth-order valence-corrected chi connectivity index (χ4v) is 7.53. The molecular weight excluding hydrogens is 500 g/mol. The van der Waals surface area contributed by atoms with E-state index in [1.165, 1.54) is 70.6 Å². The summed E-state index contributed by atoms with van der Waals surface area (Å²) in [6.07, 6.45) is 7.16. The van der Waals surface area contributed by atoms with Crippen molar-refractivity contribution >= 4 is 42.3 Å². The van der Waals surface area contributed by atoms with Crippen LogP contribution in [0.1, 0.15) is 0 Å². The van der Waals surface area contributed by atoms with Gasteiger partial charge in [-0.25, -0.2) is 10.0 Å². The Morgan fingerprint density at radius 3 is 1.30 bits per heavy atom. The van der Waals surface area contributed by atoms with Crippen molar-refractivity contribution in [1.29, 1.82) is 0 Å². The van der Waals surface area contributed by atoms with Gasteiger partial charge in [0.25, 0.3) is 0 Å². The van der Waals surface area contributed by atoms with Gasteiger partial charge in [-0.05, 0) is 95.4 Å². The van der Waals surface area contributed by atoms with Crippen LogP contribution in [0.15, 0.2) is 144 Å². The Labute approximate surface area is 238 Å². The van der Waals surface area contributed by atoms with Gasteiger partial charge in [0.1, 0.15) is 0 Å². The van der Waals surface area contributed by atoms with E-state index in [0.717, 1.165) is 0 Å². The fourth-order valence-electron chi connectivity index (χ4n) is 6.21. The van der Waals surface area contributed by atoms with E-state index in [-0.39, 0.29) is 0 Å². The normalized spacial score (nSPS) is 12.3. The van der Waals surface area contributed by atoms with E-state index in [0.29, 0.717) is 0 Å². The summed E-state index contributed by atoms with van der Waals surface area (Å²) in [5.74, 6) is 0. The molecule has 0 aliphatic rings. The molecule has 0 amide bonds. The van der Waals surface area contributed by atoms with Gasteiger partial charge in [0, 0.05) is 0 Å². The quantitative estimate of drug-likeness (QED) is 0.198. The molecule has 0 aliphatic carbocycles. The molecule has 0 nitrogen and oxygen atoms in total. The maximum Gasteiger partial charge on any atom is -0.00201 e. The van der Waals surface area contributed by atoms with Crippen molar-refractivity contribution in [2.24, 2.45) is 0 Å². The van der Waals surface area contributed by atoms with Crippen LogP contribution in [0.4, 0.5) is 0 Å². The molecule has 0 fully saturated rings. The maximum atomic E-state index is 2.39. The highest BCUT2D eigenvalue weighted by molar-refractivity contribution is 8.32. The van der Waals surface area contributed by atoms with Gasteiger partial charge in [-0.3, -0.25) is 0 Å². The van der Waals surface area contributed by atoms with Crippen LogP contribution in [0.5, 0.6) is 0 Å². The van der Waals surface area contributed by atoms with E-state index in [4.69, 9.17) is 0 Å². The summed E-state index contributed by atoms with van der Waals surface area (Å²) in [7, 11) is -0.880. The van der Waals surface area contributed by atoms with Crippen molar-refractivity contribution in [3.8, 4) is 33.4 Å². The molecule has 0 atom stereocenters. The summed E-state index contributed by atoms with van der Waals surface area (Å²) in [6, 6.07) is 51.3. The van der Waals surface area contributed by atoms with Gasteiger partial charge in [0.15, 0.2) is 0 Å². The monoisotopic (exact) mass is 532 g/mol. The molecular formula is C39H32S. The molecule has 7 rings (SSSR count). The number of benzene rings is 7. The zero-order chi connectivity index (χ0) is 27.3. The number of hydrogen-bond acceptors (Lipinski definition) is 0. The molecule has 7 aromatic rings. The second-order valence-electron chi connectivity index (χ2n) is 11.3. The molecule has 0 unspecified atom stereocenters. The van der Waals surface area contributed by atoms with Gasteiger partial charge in [-0.1, -0.05) is 133 Å². The van der Waals surface area contributed by atoms with Crippen molar-refractivity contribution in [3.05, 3.63) is 140 Å². The Hall–Kier alpha value is -4.33. The maximum absolute atomic E-state index is 2.39. The van der Waals surface area contributed by atoms with Crippen LogP contribution in [0.25, 0.3) is 65.7 Å². The molecule has 0 N–H and O–H groups in total. The first kappa shape index (κ1) is 24.7. The predicted molar refractivity (Wildman–Crippen MR) is 179 cm³/mol. The Bertz CT molecular complexity index is 1950. The Balaban J connectivity index is 1.53. The highest BCUT2D eigenvalue weighted by atomic mass is 32.3. The second kappa shape index (κ2) is 9.70. The zero-order valence-electron chi connectivity index (χ0n) is 23.2. The summed E-state index contributed by atoms with van der Waals surface area (Å²) in [5.41, 5.74) is 7.65. The van der Waals surface area contributed by atoms with Crippen LogP contribution in [0, 0.1) is 0 Å². The first-order valence-electron chi connectivity index (χ1n) is 13.8. The predicted octanol–water partition coefficient (Wildman–Crippen LogP) is 11.2. The largest absolute Gasteiger partial charge is 0.223 e. The van der Waals surface area contributed by atoms with E-state index in [1.807, 2.05) is 0 Å². The summed E-state index contributed by atoms with van der Waals surface area (Å²) in [5, 5.41) is 7.87. The van der Waals surface area contributed by atoms with E-state index in [2.05, 4.69) is 158 Å². The first-order chi connectivity index (χ1) is 19.5. The molecule has 0 aromatic heterocycles. The molecule has 40 heavy (non-hydrogen) atoms. The van der Waals surface area contributed by atoms with Crippen LogP contribution in [0.3, 0.4) is 0 Å². The van der Waals surface area contributed by atoms with E-state index >= 15 is 0 Å². The number of hydrogen-bond donors (Lipinski definition) is 0. The molecule has 0 radical (unpaired) electrons. The molecule has 0 saturated heterocycles. The summed E-state index contributed by atoms with van der Waals surface area (Å²) < 4.78 is 0. The molecule has 0 spiro atoms. The molecule has 0 aliphatic heterocycles. The van der Waals surface area contributed by atoms with Crippen LogP contribution in [0.2, 0.25) is 0 Å². The van der Waals surface area contributed by atoms with E-state index in [1.54, 1.807) is 0 Å². The third-order valence-corrected chi connectivity index (χ3v) is 9.70. The molecule has 7 aromatic carbocycles. The lowest BCUT2D eigenvalue weighted by molar-refractivity contribution is 1.51. The lowest BCUT2D eigenvalue weighted by Gasteiger charge is -2.28. The van der Waals surface area contributed by atoms with Crippen molar-refractivity contribution in [2.75, 3.05) is 18.8 Å². The molecule has 0 saturated carbocycles. The standard InChI is InChI=1S/C39H32S/c1-40(2,3)37-26-25-36(30-15-7-8-16-31(30)37)39-34-19-11-9-17-32(34)38(33-18-10-12-20-35(33)39)29-23-21-28(22-24-29)27-13-5-4-6-14-27/h4-26H,1-3H3. The minimum Gasteiger partial charge on any atom is -0.223 e. The van der Waals surface area contributed by atoms with Gasteiger partial charge < -0.3 is 0 Å². The third-order valence-electron chi connectivity index (χ3n) is 8.03. The van der Waals surface area contributed by atoms with Crippen molar-refractivity contribution < 1.29 is 0 Å². The van der Waals surface area contributed by atoms with Crippen molar-refractivity contribution in [3.63, 3.8) is 0 Å². The number of rotatable bonds is 4. The summed E-state index contributed by atoms with van der Waals surface area (Å²) in [4.78, 5) is 1.47. The van der Waals surface area contributed by atoms with Gasteiger partial charge in [-0.15, -0.1) is 0 Å². The van der Waals surface area contributed by atoms with Gasteiger partial charge in [0.05, 0.1) is 0 Å². The summed E-state index contributed by atoms with van der Waals surface area (Å²) in [6.45, 7) is 0. The first-order valence-corrected chi connectivity index (χ1v) is 16.7. The highest BCUT2D eigenvalue weighted by Gasteiger charge is 2.20. The Morgan fingerprint density at radius 1 is 0.325 bits per heavy atom.